The monoisotopic (exact) mass is 194 g/mol. The van der Waals surface area contributed by atoms with Crippen molar-refractivity contribution in [2.24, 2.45) is 5.11 Å². The molecule has 0 aliphatic heterocycles. The minimum atomic E-state index is -0.219. The minimum Gasteiger partial charge on any atom is -0.491 e. The summed E-state index contributed by atoms with van der Waals surface area (Å²) in [6.45, 7) is 0.615. The summed E-state index contributed by atoms with van der Waals surface area (Å²) in [7, 11) is 1.44. The fourth-order valence-corrected chi connectivity index (χ4v) is 1.04. The highest BCUT2D eigenvalue weighted by atomic mass is 16.5. The number of aromatic nitrogens is 1. The Morgan fingerprint density at radius 1 is 1.71 bits per heavy atom. The summed E-state index contributed by atoms with van der Waals surface area (Å²) in [6, 6.07) is 3.29. The maximum Gasteiger partial charge on any atom is 0.292 e. The van der Waals surface area contributed by atoms with Crippen LogP contribution in [0.1, 0.15) is 0 Å². The van der Waals surface area contributed by atoms with Crippen molar-refractivity contribution in [2.45, 2.75) is 6.54 Å². The van der Waals surface area contributed by atoms with Crippen LogP contribution in [0.15, 0.2) is 28.2 Å². The van der Waals surface area contributed by atoms with Crippen molar-refractivity contribution in [1.82, 2.24) is 4.57 Å². The van der Waals surface area contributed by atoms with Crippen LogP contribution in [0.4, 0.5) is 0 Å². The second-order valence-corrected chi connectivity index (χ2v) is 2.53. The van der Waals surface area contributed by atoms with Gasteiger partial charge in [-0.25, -0.2) is 0 Å². The van der Waals surface area contributed by atoms with Gasteiger partial charge in [0.15, 0.2) is 5.75 Å². The quantitative estimate of drug-likeness (QED) is 0.409. The molecule has 0 bridgehead atoms. The molecule has 0 saturated carbocycles. The third-order valence-corrected chi connectivity index (χ3v) is 1.71. The van der Waals surface area contributed by atoms with Crippen LogP contribution in [0.25, 0.3) is 10.4 Å². The van der Waals surface area contributed by atoms with Gasteiger partial charge in [-0.3, -0.25) is 4.79 Å². The zero-order valence-corrected chi connectivity index (χ0v) is 7.75. The van der Waals surface area contributed by atoms with Gasteiger partial charge in [0.1, 0.15) is 0 Å². The second kappa shape index (κ2) is 4.94. The van der Waals surface area contributed by atoms with Gasteiger partial charge >= 0.3 is 0 Å². The van der Waals surface area contributed by atoms with E-state index >= 15 is 0 Å². The second-order valence-electron chi connectivity index (χ2n) is 2.53. The Morgan fingerprint density at radius 3 is 3.14 bits per heavy atom. The van der Waals surface area contributed by atoms with E-state index in [-0.39, 0.29) is 17.9 Å². The van der Waals surface area contributed by atoms with E-state index in [1.165, 1.54) is 11.7 Å². The molecular weight excluding hydrogens is 184 g/mol. The van der Waals surface area contributed by atoms with Crippen LogP contribution in [0.2, 0.25) is 0 Å². The van der Waals surface area contributed by atoms with E-state index in [9.17, 15) is 4.79 Å². The van der Waals surface area contributed by atoms with Gasteiger partial charge in [-0.15, -0.1) is 0 Å². The summed E-state index contributed by atoms with van der Waals surface area (Å²) in [6.07, 6.45) is 1.62. The predicted octanol–water partition coefficient (Wildman–Crippen LogP) is 1.17. The van der Waals surface area contributed by atoms with Gasteiger partial charge in [-0.05, 0) is 17.7 Å². The van der Waals surface area contributed by atoms with Crippen molar-refractivity contribution in [3.63, 3.8) is 0 Å². The smallest absolute Gasteiger partial charge is 0.292 e. The lowest BCUT2D eigenvalue weighted by Crippen LogP contribution is -2.21. The Morgan fingerprint density at radius 2 is 2.50 bits per heavy atom. The standard InChI is InChI=1S/C8H10N4O2/c1-14-7-3-2-5-12(8(7)13)6-4-10-11-9/h2-3,5H,4,6H2,1H3. The highest BCUT2D eigenvalue weighted by molar-refractivity contribution is 5.16. The Kier molecular flexibility index (Phi) is 3.58. The van der Waals surface area contributed by atoms with Crippen LogP contribution in [-0.2, 0) is 6.54 Å². The molecule has 0 saturated heterocycles. The first-order valence-corrected chi connectivity index (χ1v) is 4.04. The SMILES string of the molecule is COc1cccn(CCN=[N+]=[N-])c1=O. The Labute approximate surface area is 80.4 Å². The first-order valence-electron chi connectivity index (χ1n) is 4.04. The zero-order chi connectivity index (χ0) is 10.4. The number of azide groups is 1. The molecule has 0 unspecified atom stereocenters. The molecule has 74 valence electrons. The molecule has 6 nitrogen and oxygen atoms in total. The number of methoxy groups -OCH3 is 1. The summed E-state index contributed by atoms with van der Waals surface area (Å²) in [4.78, 5) is 14.1. The number of rotatable bonds is 4. The Bertz CT molecular complexity index is 406. The summed E-state index contributed by atoms with van der Waals surface area (Å²) < 4.78 is 6.29. The van der Waals surface area contributed by atoms with Crippen molar-refractivity contribution in [3.05, 3.63) is 39.1 Å². The fraction of sp³-hybridized carbons (Fsp3) is 0.375. The molecule has 1 heterocycles. The van der Waals surface area contributed by atoms with Crippen molar-refractivity contribution < 1.29 is 4.74 Å². The molecule has 0 fully saturated rings. The van der Waals surface area contributed by atoms with Crippen LogP contribution in [0.5, 0.6) is 5.75 Å². The molecule has 0 spiro atoms. The Hall–Kier alpha value is -1.94. The highest BCUT2D eigenvalue weighted by Crippen LogP contribution is 1.99. The van der Waals surface area contributed by atoms with E-state index in [0.717, 1.165) is 0 Å². The molecule has 0 aliphatic rings. The molecule has 1 rings (SSSR count). The van der Waals surface area contributed by atoms with Gasteiger partial charge in [0.2, 0.25) is 0 Å². The van der Waals surface area contributed by atoms with Crippen LogP contribution < -0.4 is 10.3 Å². The van der Waals surface area contributed by atoms with E-state index in [1.54, 1.807) is 18.3 Å². The lowest BCUT2D eigenvalue weighted by atomic mass is 10.4. The van der Waals surface area contributed by atoms with Gasteiger partial charge in [0, 0.05) is 24.2 Å². The van der Waals surface area contributed by atoms with Gasteiger partial charge in [-0.2, -0.15) is 0 Å². The van der Waals surface area contributed by atoms with Gasteiger partial charge in [0.25, 0.3) is 5.56 Å². The van der Waals surface area contributed by atoms with Crippen LogP contribution in [0.3, 0.4) is 0 Å². The third kappa shape index (κ3) is 2.27. The molecule has 6 heteroatoms. The van der Waals surface area contributed by atoms with E-state index in [1.807, 2.05) is 0 Å². The zero-order valence-electron chi connectivity index (χ0n) is 7.75. The van der Waals surface area contributed by atoms with Crippen molar-refractivity contribution in [2.75, 3.05) is 13.7 Å². The lowest BCUT2D eigenvalue weighted by molar-refractivity contribution is 0.402. The van der Waals surface area contributed by atoms with E-state index < -0.39 is 0 Å². The normalized spacial score (nSPS) is 9.21. The van der Waals surface area contributed by atoms with E-state index in [0.29, 0.717) is 6.54 Å². The van der Waals surface area contributed by atoms with E-state index in [4.69, 9.17) is 10.3 Å². The molecule has 0 atom stereocenters. The maximum atomic E-state index is 11.5. The highest BCUT2D eigenvalue weighted by Gasteiger charge is 2.00. The maximum absolute atomic E-state index is 11.5. The summed E-state index contributed by atoms with van der Waals surface area (Å²) in [5.41, 5.74) is 7.84. The number of hydrogen-bond donors (Lipinski definition) is 0. The van der Waals surface area contributed by atoms with Crippen LogP contribution in [0, 0.1) is 0 Å². The third-order valence-electron chi connectivity index (χ3n) is 1.71. The van der Waals surface area contributed by atoms with Crippen molar-refractivity contribution in [1.29, 1.82) is 0 Å². The van der Waals surface area contributed by atoms with Gasteiger partial charge in [0.05, 0.1) is 7.11 Å². The van der Waals surface area contributed by atoms with E-state index in [2.05, 4.69) is 10.0 Å². The minimum absolute atomic E-state index is 0.219. The molecule has 1 aromatic heterocycles. The van der Waals surface area contributed by atoms with Crippen LogP contribution >= 0.6 is 0 Å². The average molecular weight is 194 g/mol. The van der Waals surface area contributed by atoms with Gasteiger partial charge in [-0.1, -0.05) is 5.11 Å². The first-order chi connectivity index (χ1) is 6.79. The first kappa shape index (κ1) is 10.1. The summed E-state index contributed by atoms with van der Waals surface area (Å²) in [5, 5.41) is 3.34. The van der Waals surface area contributed by atoms with Crippen molar-refractivity contribution in [3.8, 4) is 5.75 Å². The predicted molar refractivity (Wildman–Crippen MR) is 51.3 cm³/mol. The Balaban J connectivity index is 2.87. The molecular formula is C8H10N4O2. The molecule has 0 radical (unpaired) electrons. The largest absolute Gasteiger partial charge is 0.491 e. The molecule has 0 aliphatic carbocycles. The topological polar surface area (TPSA) is 80.0 Å². The molecule has 0 amide bonds. The van der Waals surface area contributed by atoms with Crippen molar-refractivity contribution >= 4 is 0 Å². The summed E-state index contributed by atoms with van der Waals surface area (Å²) >= 11 is 0. The molecule has 1 aromatic rings. The number of hydrogen-bond acceptors (Lipinski definition) is 3. The number of pyridine rings is 1. The van der Waals surface area contributed by atoms with Crippen LogP contribution in [-0.4, -0.2) is 18.2 Å². The number of ether oxygens (including phenoxy) is 1. The average Bonchev–Trinajstić information content (AvgIpc) is 2.21. The fourth-order valence-electron chi connectivity index (χ4n) is 1.04. The molecule has 0 aromatic carbocycles. The number of nitrogens with zero attached hydrogens (tertiary/aromatic N) is 4. The summed E-state index contributed by atoms with van der Waals surface area (Å²) in [5.74, 6) is 0.286. The molecule has 14 heavy (non-hydrogen) atoms. The van der Waals surface area contributed by atoms with Gasteiger partial charge < -0.3 is 9.30 Å². The lowest BCUT2D eigenvalue weighted by Gasteiger charge is -2.04. The molecule has 0 N–H and O–H groups in total.